The molecule has 2 aromatic carbocycles. The van der Waals surface area contributed by atoms with Crippen LogP contribution in [0.4, 0.5) is 5.69 Å². The van der Waals surface area contributed by atoms with E-state index in [0.717, 1.165) is 52.0 Å². The van der Waals surface area contributed by atoms with Gasteiger partial charge in [-0.3, -0.25) is 4.99 Å². The van der Waals surface area contributed by atoms with Crippen LogP contribution in [0.1, 0.15) is 39.0 Å². The molecule has 3 aliphatic rings. The van der Waals surface area contributed by atoms with Crippen molar-refractivity contribution in [2.75, 3.05) is 12.4 Å². The second-order valence-corrected chi connectivity index (χ2v) is 9.81. The average Bonchev–Trinajstić information content (AvgIpc) is 2.93. The first kappa shape index (κ1) is 25.6. The van der Waals surface area contributed by atoms with Gasteiger partial charge in [-0.2, -0.15) is 0 Å². The Morgan fingerprint density at radius 2 is 1.95 bits per heavy atom. The molecule has 0 saturated heterocycles. The Bertz CT molecular complexity index is 1600. The standard InChI is InChI=1S/C31H31ClN5O/c1-4-11-25(31(33-2)38-3)36-26-19-28-30(20-27(26)34-22-13-6-5-7-14-22)37(23-15-10-12-21(32)18-23)29-17-9-8-16-24(29)35-28/h2,4,8-12,15-20,22,36H,5-7,13-14H2,1,3H3/q+1. The van der Waals surface area contributed by atoms with Crippen molar-refractivity contribution in [2.24, 2.45) is 4.99 Å². The number of anilines is 1. The fourth-order valence-electron chi connectivity index (χ4n) is 5.06. The number of methoxy groups -OCH3 is 1. The first-order valence-electron chi connectivity index (χ1n) is 13.0. The maximum Gasteiger partial charge on any atom is 0.523 e. The maximum absolute atomic E-state index is 6.43. The molecule has 0 radical (unpaired) electrons. The molecule has 0 unspecified atom stereocenters. The topological polar surface area (TPSA) is 55.8 Å². The van der Waals surface area contributed by atoms with E-state index in [9.17, 15) is 0 Å². The third kappa shape index (κ3) is 5.29. The van der Waals surface area contributed by atoms with Gasteiger partial charge < -0.3 is 14.6 Å². The van der Waals surface area contributed by atoms with Gasteiger partial charge in [-0.05, 0) is 68.3 Å². The highest BCUT2D eigenvalue weighted by Crippen LogP contribution is 2.31. The number of rotatable bonds is 6. The molecule has 0 amide bonds. The molecular formula is C31H31ClN5O+. The Labute approximate surface area is 228 Å². The van der Waals surface area contributed by atoms with Gasteiger partial charge in [0.15, 0.2) is 5.70 Å². The summed E-state index contributed by atoms with van der Waals surface area (Å²) in [7, 11) is 1.55. The predicted octanol–water partition coefficient (Wildman–Crippen LogP) is 7.78. The van der Waals surface area contributed by atoms with E-state index in [4.69, 9.17) is 32.9 Å². The highest BCUT2D eigenvalue weighted by molar-refractivity contribution is 6.30. The van der Waals surface area contributed by atoms with E-state index in [0.29, 0.717) is 16.6 Å². The number of benzene rings is 3. The molecule has 192 valence electrons. The lowest BCUT2D eigenvalue weighted by Crippen LogP contribution is -2.20. The molecule has 2 aliphatic carbocycles. The molecule has 0 bridgehead atoms. The van der Waals surface area contributed by atoms with Crippen LogP contribution in [0, 0.1) is 6.57 Å². The lowest BCUT2D eigenvalue weighted by molar-refractivity contribution is 0.303. The molecule has 2 aromatic rings. The van der Waals surface area contributed by atoms with E-state index in [-0.39, 0.29) is 6.04 Å². The van der Waals surface area contributed by atoms with Crippen LogP contribution in [0.25, 0.3) is 33.0 Å². The minimum atomic E-state index is 0.269. The molecule has 1 N–H and O–H groups in total. The first-order valence-corrected chi connectivity index (χ1v) is 13.3. The van der Waals surface area contributed by atoms with E-state index < -0.39 is 0 Å². The molecule has 1 saturated carbocycles. The quantitative estimate of drug-likeness (QED) is 0.159. The number of nitrogens with one attached hydrogen (secondary N) is 1. The van der Waals surface area contributed by atoms with Crippen molar-refractivity contribution in [2.45, 2.75) is 45.1 Å². The van der Waals surface area contributed by atoms with Crippen LogP contribution in [0.3, 0.4) is 0 Å². The number of aromatic nitrogens is 2. The Hall–Kier alpha value is -4.08. The third-order valence-corrected chi connectivity index (χ3v) is 7.04. The molecule has 5 rings (SSSR count). The molecule has 7 heteroatoms. The number of nitrogens with zero attached hydrogens (tertiary/aromatic N) is 4. The Morgan fingerprint density at radius 1 is 1.13 bits per heavy atom. The van der Waals surface area contributed by atoms with Crippen LogP contribution in [-0.4, -0.2) is 22.7 Å². The van der Waals surface area contributed by atoms with Crippen molar-refractivity contribution in [3.8, 4) is 23.6 Å². The van der Waals surface area contributed by atoms with Gasteiger partial charge in [0.05, 0.1) is 46.6 Å². The summed E-state index contributed by atoms with van der Waals surface area (Å²) in [5, 5.41) is 5.01. The minimum absolute atomic E-state index is 0.269. The highest BCUT2D eigenvalue weighted by atomic mass is 35.5. The molecule has 1 fully saturated rings. The summed E-state index contributed by atoms with van der Waals surface area (Å²) in [6.45, 7) is 7.55. The van der Waals surface area contributed by atoms with Crippen molar-refractivity contribution in [1.82, 2.24) is 9.55 Å². The van der Waals surface area contributed by atoms with Gasteiger partial charge >= 0.3 is 5.88 Å². The largest absolute Gasteiger partial charge is 0.523 e. The van der Waals surface area contributed by atoms with Gasteiger partial charge in [-0.15, -0.1) is 0 Å². The zero-order valence-electron chi connectivity index (χ0n) is 21.7. The minimum Gasteiger partial charge on any atom is -0.433 e. The molecule has 1 aliphatic heterocycles. The lowest BCUT2D eigenvalue weighted by Gasteiger charge is -2.21. The van der Waals surface area contributed by atoms with Gasteiger partial charge in [0.25, 0.3) is 6.57 Å². The lowest BCUT2D eigenvalue weighted by atomic mass is 9.96. The zero-order valence-corrected chi connectivity index (χ0v) is 22.4. The van der Waals surface area contributed by atoms with Gasteiger partial charge in [0.1, 0.15) is 0 Å². The normalized spacial score (nSPS) is 15.6. The summed E-state index contributed by atoms with van der Waals surface area (Å²) in [5.74, 6) is 0.298. The van der Waals surface area contributed by atoms with Crippen LogP contribution in [0.2, 0.25) is 5.02 Å². The smallest absolute Gasteiger partial charge is 0.433 e. The van der Waals surface area contributed by atoms with Crippen molar-refractivity contribution in [1.29, 1.82) is 0 Å². The van der Waals surface area contributed by atoms with Crippen LogP contribution in [0.15, 0.2) is 89.4 Å². The van der Waals surface area contributed by atoms with Gasteiger partial charge in [0, 0.05) is 15.6 Å². The SMILES string of the molecule is C#[N+]C(OC)=C(C=CC)Nc1cc2nc3ccccc3n(-c3cccc(Cl)c3)c-2cc1=NC1CCCCC1. The second-order valence-electron chi connectivity index (χ2n) is 9.37. The van der Waals surface area contributed by atoms with Crippen molar-refractivity contribution < 1.29 is 4.74 Å². The second kappa shape index (κ2) is 11.5. The van der Waals surface area contributed by atoms with Crippen LogP contribution < -0.4 is 10.7 Å². The summed E-state index contributed by atoms with van der Waals surface area (Å²) in [4.78, 5) is 14.1. The van der Waals surface area contributed by atoms with Crippen molar-refractivity contribution in [3.05, 3.63) is 99.6 Å². The Kier molecular flexibility index (Phi) is 7.76. The number of hydrogen-bond acceptors (Lipinski definition) is 4. The van der Waals surface area contributed by atoms with Crippen LogP contribution >= 0.6 is 11.6 Å². The van der Waals surface area contributed by atoms with E-state index in [1.807, 2.05) is 61.5 Å². The van der Waals surface area contributed by atoms with Crippen molar-refractivity contribution >= 4 is 28.3 Å². The number of fused-ring (bicyclic) bond motifs is 2. The molecule has 6 nitrogen and oxygen atoms in total. The predicted molar refractivity (Wildman–Crippen MR) is 156 cm³/mol. The highest BCUT2D eigenvalue weighted by Gasteiger charge is 2.21. The van der Waals surface area contributed by atoms with Gasteiger partial charge in [0.2, 0.25) is 0 Å². The molecule has 0 spiro atoms. The van der Waals surface area contributed by atoms with E-state index in [1.54, 1.807) is 7.11 Å². The maximum atomic E-state index is 6.43. The number of hydrogen-bond donors (Lipinski definition) is 1. The average molecular weight is 525 g/mol. The number of halogens is 1. The van der Waals surface area contributed by atoms with Crippen LogP contribution in [-0.2, 0) is 4.74 Å². The summed E-state index contributed by atoms with van der Waals surface area (Å²) < 4.78 is 7.62. The van der Waals surface area contributed by atoms with E-state index in [1.165, 1.54) is 19.3 Å². The third-order valence-electron chi connectivity index (χ3n) is 6.80. The van der Waals surface area contributed by atoms with E-state index >= 15 is 0 Å². The van der Waals surface area contributed by atoms with Gasteiger partial charge in [-0.1, -0.05) is 55.1 Å². The monoisotopic (exact) mass is 524 g/mol. The molecule has 38 heavy (non-hydrogen) atoms. The Morgan fingerprint density at radius 3 is 2.68 bits per heavy atom. The molecule has 0 aromatic heterocycles. The summed E-state index contributed by atoms with van der Waals surface area (Å²) in [6.07, 6.45) is 9.62. The number of allylic oxidation sites excluding steroid dienone is 2. The van der Waals surface area contributed by atoms with Gasteiger partial charge in [-0.25, -0.2) is 4.98 Å². The fraction of sp³-hybridized carbons (Fsp3) is 0.258. The summed E-state index contributed by atoms with van der Waals surface area (Å²) in [5.41, 5.74) is 6.04. The zero-order chi connectivity index (χ0) is 26.5. The summed E-state index contributed by atoms with van der Waals surface area (Å²) >= 11 is 6.43. The molecule has 0 atom stereocenters. The first-order chi connectivity index (χ1) is 18.6. The van der Waals surface area contributed by atoms with Crippen LogP contribution in [0.5, 0.6) is 0 Å². The van der Waals surface area contributed by atoms with E-state index in [2.05, 4.69) is 32.9 Å². The molecule has 1 heterocycles. The van der Waals surface area contributed by atoms with Crippen molar-refractivity contribution in [3.63, 3.8) is 0 Å². The summed E-state index contributed by atoms with van der Waals surface area (Å²) in [6, 6.07) is 20.4. The fourth-order valence-corrected chi connectivity index (χ4v) is 5.24. The Balaban J connectivity index is 1.82. The number of ether oxygens (including phenoxy) is 1. The number of para-hydroxylation sites is 2. The molecular weight excluding hydrogens is 494 g/mol.